The third-order valence-electron chi connectivity index (χ3n) is 7.70. The molecule has 158 valence electrons. The number of hydrogen-bond acceptors (Lipinski definition) is 4. The van der Waals surface area contributed by atoms with E-state index in [-0.39, 0.29) is 5.91 Å². The van der Waals surface area contributed by atoms with E-state index in [0.29, 0.717) is 35.5 Å². The molecule has 0 spiro atoms. The lowest BCUT2D eigenvalue weighted by atomic mass is 9.75. The number of rotatable bonds is 2. The highest BCUT2D eigenvalue weighted by Gasteiger charge is 2.45. The molecule has 0 unspecified atom stereocenters. The molecule has 3 atom stereocenters. The van der Waals surface area contributed by atoms with Crippen LogP contribution >= 0.6 is 0 Å². The Morgan fingerprint density at radius 1 is 1.14 bits per heavy atom. The molecule has 0 radical (unpaired) electrons. The molecule has 0 N–H and O–H groups in total. The predicted octanol–water partition coefficient (Wildman–Crippen LogP) is 1.67. The molecule has 1 aromatic heterocycles. The van der Waals surface area contributed by atoms with Gasteiger partial charge in [-0.1, -0.05) is 0 Å². The van der Waals surface area contributed by atoms with Crippen molar-refractivity contribution in [2.45, 2.75) is 57.5 Å². The SMILES string of the molecule is Cc1cc(C(=O)N2CCC(N3C[C@H]4C[C@H](C3)[C@H]3CCCC(=O)N3C4)CC2)n(C)n1. The fraction of sp³-hybridized carbons (Fsp3) is 0.773. The number of piperidine rings is 4. The molecule has 4 aliphatic rings. The van der Waals surface area contributed by atoms with E-state index < -0.39 is 0 Å². The zero-order valence-electron chi connectivity index (χ0n) is 17.7. The van der Waals surface area contributed by atoms with Crippen LogP contribution in [-0.4, -0.2) is 81.1 Å². The van der Waals surface area contributed by atoms with Gasteiger partial charge in [-0.05, 0) is 56.9 Å². The Hall–Kier alpha value is -1.89. The molecule has 5 heterocycles. The minimum Gasteiger partial charge on any atom is -0.339 e. The van der Waals surface area contributed by atoms with Gasteiger partial charge in [0.2, 0.25) is 5.91 Å². The third kappa shape index (κ3) is 3.47. The van der Waals surface area contributed by atoms with Gasteiger partial charge in [-0.25, -0.2) is 0 Å². The van der Waals surface area contributed by atoms with Gasteiger partial charge >= 0.3 is 0 Å². The summed E-state index contributed by atoms with van der Waals surface area (Å²) < 4.78 is 1.70. The van der Waals surface area contributed by atoms with Gasteiger partial charge in [0, 0.05) is 58.3 Å². The van der Waals surface area contributed by atoms with E-state index in [0.717, 1.165) is 64.1 Å². The zero-order valence-corrected chi connectivity index (χ0v) is 17.7. The van der Waals surface area contributed by atoms with E-state index in [1.807, 2.05) is 24.9 Å². The van der Waals surface area contributed by atoms with Crippen molar-refractivity contribution in [2.24, 2.45) is 18.9 Å². The first-order valence-electron chi connectivity index (χ1n) is 11.3. The van der Waals surface area contributed by atoms with Crippen LogP contribution in [0.25, 0.3) is 0 Å². The van der Waals surface area contributed by atoms with Crippen LogP contribution in [0, 0.1) is 18.8 Å². The van der Waals surface area contributed by atoms with Crippen LogP contribution in [0.2, 0.25) is 0 Å². The van der Waals surface area contributed by atoms with Gasteiger partial charge in [0.1, 0.15) is 5.69 Å². The van der Waals surface area contributed by atoms with Crippen molar-refractivity contribution in [3.63, 3.8) is 0 Å². The largest absolute Gasteiger partial charge is 0.339 e. The first-order valence-corrected chi connectivity index (χ1v) is 11.3. The molecule has 5 rings (SSSR count). The van der Waals surface area contributed by atoms with Gasteiger partial charge < -0.3 is 9.80 Å². The van der Waals surface area contributed by atoms with E-state index in [9.17, 15) is 9.59 Å². The second kappa shape index (κ2) is 7.42. The fourth-order valence-corrected chi connectivity index (χ4v) is 6.35. The number of aromatic nitrogens is 2. The summed E-state index contributed by atoms with van der Waals surface area (Å²) in [6, 6.07) is 2.94. The van der Waals surface area contributed by atoms with Crippen molar-refractivity contribution in [1.82, 2.24) is 24.5 Å². The van der Waals surface area contributed by atoms with Crippen LogP contribution < -0.4 is 0 Å². The first-order chi connectivity index (χ1) is 14.0. The van der Waals surface area contributed by atoms with E-state index in [1.165, 1.54) is 12.8 Å². The van der Waals surface area contributed by atoms with Crippen molar-refractivity contribution in [3.8, 4) is 0 Å². The van der Waals surface area contributed by atoms with E-state index in [1.54, 1.807) is 4.68 Å². The molecule has 0 aliphatic carbocycles. The Kier molecular flexibility index (Phi) is 4.88. The monoisotopic (exact) mass is 399 g/mol. The highest BCUT2D eigenvalue weighted by Crippen LogP contribution is 2.39. The minimum atomic E-state index is 0.110. The lowest BCUT2D eigenvalue weighted by Crippen LogP contribution is -2.62. The normalized spacial score (nSPS) is 31.1. The Morgan fingerprint density at radius 2 is 1.93 bits per heavy atom. The van der Waals surface area contributed by atoms with E-state index >= 15 is 0 Å². The van der Waals surface area contributed by atoms with Crippen LogP contribution in [-0.2, 0) is 11.8 Å². The summed E-state index contributed by atoms with van der Waals surface area (Å²) in [6.07, 6.45) is 6.40. The summed E-state index contributed by atoms with van der Waals surface area (Å²) >= 11 is 0. The standard InChI is InChI=1S/C22H33N5O2/c1-15-10-20(24(2)23-15)22(29)25-8-6-18(7-9-25)26-12-16-11-17(14-26)19-4-3-5-21(28)27(19)13-16/h10,16-19H,3-9,11-14H2,1-2H3/t16-,17-,19-/m1/s1. The van der Waals surface area contributed by atoms with E-state index in [2.05, 4.69) is 14.9 Å². The molecule has 7 nitrogen and oxygen atoms in total. The molecule has 29 heavy (non-hydrogen) atoms. The average molecular weight is 400 g/mol. The number of nitrogens with zero attached hydrogens (tertiary/aromatic N) is 5. The van der Waals surface area contributed by atoms with Gasteiger partial charge in [-0.15, -0.1) is 0 Å². The van der Waals surface area contributed by atoms with Crippen LogP contribution in [0.15, 0.2) is 6.07 Å². The van der Waals surface area contributed by atoms with E-state index in [4.69, 9.17) is 0 Å². The molecule has 0 aromatic carbocycles. The average Bonchev–Trinajstić information content (AvgIpc) is 3.06. The molecule has 0 saturated carbocycles. The highest BCUT2D eigenvalue weighted by molar-refractivity contribution is 5.92. The summed E-state index contributed by atoms with van der Waals surface area (Å²) in [5.41, 5.74) is 1.58. The number of fused-ring (bicyclic) bond motifs is 4. The number of carbonyl (C=O) groups excluding carboxylic acids is 2. The van der Waals surface area contributed by atoms with Crippen LogP contribution in [0.1, 0.15) is 54.7 Å². The van der Waals surface area contributed by atoms with Gasteiger partial charge in [0.15, 0.2) is 0 Å². The maximum atomic E-state index is 12.9. The Labute approximate surface area is 173 Å². The van der Waals surface area contributed by atoms with Crippen molar-refractivity contribution in [1.29, 1.82) is 0 Å². The van der Waals surface area contributed by atoms with Gasteiger partial charge in [0.05, 0.1) is 5.69 Å². The zero-order chi connectivity index (χ0) is 20.1. The summed E-state index contributed by atoms with van der Waals surface area (Å²) in [6.45, 7) is 6.79. The number of likely N-dealkylation sites (tertiary alicyclic amines) is 2. The molecule has 2 amide bonds. The highest BCUT2D eigenvalue weighted by atomic mass is 16.2. The quantitative estimate of drug-likeness (QED) is 0.759. The summed E-state index contributed by atoms with van der Waals surface area (Å²) in [4.78, 5) is 32.2. The second-order valence-electron chi connectivity index (χ2n) is 9.64. The smallest absolute Gasteiger partial charge is 0.272 e. The van der Waals surface area contributed by atoms with Crippen molar-refractivity contribution in [2.75, 3.05) is 32.7 Å². The molecular weight excluding hydrogens is 366 g/mol. The Morgan fingerprint density at radius 3 is 2.66 bits per heavy atom. The lowest BCUT2D eigenvalue weighted by Gasteiger charge is -2.54. The molecule has 4 saturated heterocycles. The van der Waals surface area contributed by atoms with Gasteiger partial charge in [0.25, 0.3) is 5.91 Å². The lowest BCUT2D eigenvalue weighted by molar-refractivity contribution is -0.145. The van der Waals surface area contributed by atoms with Crippen LogP contribution in [0.3, 0.4) is 0 Å². The maximum absolute atomic E-state index is 12.9. The van der Waals surface area contributed by atoms with Crippen molar-refractivity contribution < 1.29 is 9.59 Å². The van der Waals surface area contributed by atoms with Crippen LogP contribution in [0.5, 0.6) is 0 Å². The number of aryl methyl sites for hydroxylation is 2. The minimum absolute atomic E-state index is 0.110. The molecule has 4 aliphatic heterocycles. The second-order valence-corrected chi connectivity index (χ2v) is 9.64. The summed E-state index contributed by atoms with van der Waals surface area (Å²) in [5.74, 6) is 1.77. The third-order valence-corrected chi connectivity index (χ3v) is 7.70. The van der Waals surface area contributed by atoms with Gasteiger partial charge in [-0.3, -0.25) is 19.2 Å². The van der Waals surface area contributed by atoms with Crippen molar-refractivity contribution in [3.05, 3.63) is 17.5 Å². The Balaban J connectivity index is 1.20. The molecular formula is C22H33N5O2. The topological polar surface area (TPSA) is 61.7 Å². The number of hydrogen-bond donors (Lipinski definition) is 0. The number of carbonyl (C=O) groups is 2. The predicted molar refractivity (Wildman–Crippen MR) is 109 cm³/mol. The first kappa shape index (κ1) is 19.1. The summed E-state index contributed by atoms with van der Waals surface area (Å²) in [7, 11) is 1.85. The fourth-order valence-electron chi connectivity index (χ4n) is 6.35. The van der Waals surface area contributed by atoms with Crippen molar-refractivity contribution >= 4 is 11.8 Å². The Bertz CT molecular complexity index is 797. The summed E-state index contributed by atoms with van der Waals surface area (Å²) in [5, 5.41) is 4.32. The molecule has 2 bridgehead atoms. The molecule has 7 heteroatoms. The molecule has 1 aromatic rings. The maximum Gasteiger partial charge on any atom is 0.272 e. The molecule has 4 fully saturated rings. The number of amides is 2. The van der Waals surface area contributed by atoms with Crippen LogP contribution in [0.4, 0.5) is 0 Å². The van der Waals surface area contributed by atoms with Gasteiger partial charge in [-0.2, -0.15) is 5.10 Å².